The molecule has 0 aliphatic carbocycles. The summed E-state index contributed by atoms with van der Waals surface area (Å²) < 4.78 is 5.88. The Morgan fingerprint density at radius 1 is 1.22 bits per heavy atom. The average Bonchev–Trinajstić information content (AvgIpc) is 2.54. The van der Waals surface area contributed by atoms with Crippen LogP contribution in [-0.2, 0) is 11.2 Å². The number of nitrogen functional groups attached to an aromatic ring is 1. The largest absolute Gasteiger partial charge is 0.478 e. The molecule has 23 heavy (non-hydrogen) atoms. The zero-order chi connectivity index (χ0) is 16.4. The molecule has 0 radical (unpaired) electrons. The van der Waals surface area contributed by atoms with Crippen LogP contribution in [0.5, 0.6) is 5.75 Å². The molecule has 5 nitrogen and oxygen atoms in total. The summed E-state index contributed by atoms with van der Waals surface area (Å²) in [5.74, 6) is 0.460. The Balaban J connectivity index is 1.89. The number of β-amino-alcohol motifs (C(OH)–C–C–N with tert-alkyl or cyclic N) is 1. The second-order valence-electron chi connectivity index (χ2n) is 5.74. The molecule has 1 amide bonds. The lowest BCUT2D eigenvalue weighted by Crippen LogP contribution is -2.48. The Bertz CT molecular complexity index is 713. The molecule has 0 fully saturated rings. The molecular weight excluding hydrogens is 292 g/mol. The lowest BCUT2D eigenvalue weighted by Gasteiger charge is -2.34. The minimum atomic E-state index is -0.597. The Morgan fingerprint density at radius 3 is 2.65 bits per heavy atom. The summed E-state index contributed by atoms with van der Waals surface area (Å²) in [7, 11) is 0. The maximum absolute atomic E-state index is 12.7. The maximum atomic E-state index is 12.7. The van der Waals surface area contributed by atoms with Crippen molar-refractivity contribution in [3.8, 4) is 5.75 Å². The molecule has 3 N–H and O–H groups in total. The summed E-state index contributed by atoms with van der Waals surface area (Å²) in [4.78, 5) is 14.3. The summed E-state index contributed by atoms with van der Waals surface area (Å²) in [6.45, 7) is 2.13. The fraction of sp³-hybridized carbons (Fsp3) is 0.278. The number of hydrogen-bond acceptors (Lipinski definition) is 4. The van der Waals surface area contributed by atoms with Gasteiger partial charge < -0.3 is 20.5 Å². The highest BCUT2D eigenvalue weighted by Crippen LogP contribution is 2.36. The highest BCUT2D eigenvalue weighted by molar-refractivity contribution is 6.00. The van der Waals surface area contributed by atoms with Crippen LogP contribution in [-0.4, -0.2) is 30.3 Å². The van der Waals surface area contributed by atoms with Gasteiger partial charge in [0.1, 0.15) is 5.75 Å². The molecule has 1 atom stereocenters. The predicted octanol–water partition coefficient (Wildman–Crippen LogP) is 1.91. The molecule has 2 aromatic rings. The molecule has 0 saturated heterocycles. The first-order chi connectivity index (χ1) is 11.1. The number of nitrogens with zero attached hydrogens (tertiary/aromatic N) is 1. The van der Waals surface area contributed by atoms with Crippen molar-refractivity contribution >= 4 is 17.3 Å². The zero-order valence-corrected chi connectivity index (χ0v) is 13.0. The number of rotatable bonds is 4. The van der Waals surface area contributed by atoms with Gasteiger partial charge in [-0.25, -0.2) is 0 Å². The third-order valence-corrected chi connectivity index (χ3v) is 3.95. The Kier molecular flexibility index (Phi) is 4.21. The van der Waals surface area contributed by atoms with Gasteiger partial charge in [-0.15, -0.1) is 0 Å². The highest BCUT2D eigenvalue weighted by Gasteiger charge is 2.34. The minimum Gasteiger partial charge on any atom is -0.478 e. The van der Waals surface area contributed by atoms with Crippen LogP contribution in [0.2, 0.25) is 0 Å². The van der Waals surface area contributed by atoms with Crippen LogP contribution in [0.3, 0.4) is 0 Å². The summed E-state index contributed by atoms with van der Waals surface area (Å²) in [6, 6.07) is 13.2. The number of aliphatic hydroxyl groups is 1. The van der Waals surface area contributed by atoms with E-state index >= 15 is 0 Å². The van der Waals surface area contributed by atoms with E-state index in [4.69, 9.17) is 10.5 Å². The summed E-state index contributed by atoms with van der Waals surface area (Å²) >= 11 is 0. The Hall–Kier alpha value is -2.53. The minimum absolute atomic E-state index is 0.114. The molecule has 0 saturated carbocycles. The van der Waals surface area contributed by atoms with Gasteiger partial charge in [0, 0.05) is 18.7 Å². The van der Waals surface area contributed by atoms with Crippen LogP contribution in [0, 0.1) is 6.92 Å². The molecule has 120 valence electrons. The molecule has 1 aliphatic heterocycles. The predicted molar refractivity (Wildman–Crippen MR) is 89.6 cm³/mol. The molecular formula is C18H20N2O3. The number of hydrogen-bond donors (Lipinski definition) is 2. The number of carbonyl (C=O) groups excluding carboxylic acids is 1. The molecule has 2 aromatic carbocycles. The number of nitrogens with two attached hydrogens (primary N) is 1. The first-order valence-electron chi connectivity index (χ1n) is 7.62. The van der Waals surface area contributed by atoms with Gasteiger partial charge in [-0.3, -0.25) is 4.79 Å². The van der Waals surface area contributed by atoms with E-state index in [-0.39, 0.29) is 19.1 Å². The zero-order valence-electron chi connectivity index (χ0n) is 13.0. The van der Waals surface area contributed by atoms with Gasteiger partial charge in [0.15, 0.2) is 6.10 Å². The fourth-order valence-corrected chi connectivity index (χ4v) is 2.74. The standard InChI is InChI=1S/C18H20N2O3/c1-12-2-4-13(5-3-12)10-17-18(22)20(8-9-21)15-11-14(19)6-7-16(15)23-17/h2-7,11,17,21H,8-10,19H2,1H3. The SMILES string of the molecule is Cc1ccc(CC2Oc3ccc(N)cc3N(CCO)C2=O)cc1. The normalized spacial score (nSPS) is 16.9. The summed E-state index contributed by atoms with van der Waals surface area (Å²) in [6.07, 6.45) is -0.106. The summed E-state index contributed by atoms with van der Waals surface area (Å²) in [5, 5.41) is 9.27. The number of amides is 1. The van der Waals surface area contributed by atoms with E-state index in [1.165, 1.54) is 5.56 Å². The molecule has 0 aromatic heterocycles. The van der Waals surface area contributed by atoms with E-state index in [2.05, 4.69) is 0 Å². The van der Waals surface area contributed by atoms with Crippen LogP contribution in [0.15, 0.2) is 42.5 Å². The van der Waals surface area contributed by atoms with Crippen molar-refractivity contribution in [1.29, 1.82) is 0 Å². The second-order valence-corrected chi connectivity index (χ2v) is 5.74. The number of aryl methyl sites for hydroxylation is 1. The Morgan fingerprint density at radius 2 is 1.96 bits per heavy atom. The number of aliphatic hydroxyl groups excluding tert-OH is 1. The van der Waals surface area contributed by atoms with Gasteiger partial charge in [0.25, 0.3) is 5.91 Å². The van der Waals surface area contributed by atoms with Gasteiger partial charge in [0.2, 0.25) is 0 Å². The van der Waals surface area contributed by atoms with Gasteiger partial charge in [-0.1, -0.05) is 29.8 Å². The molecule has 1 unspecified atom stereocenters. The van der Waals surface area contributed by atoms with Crippen molar-refractivity contribution < 1.29 is 14.6 Å². The molecule has 1 heterocycles. The lowest BCUT2D eigenvalue weighted by atomic mass is 10.0. The third kappa shape index (κ3) is 3.14. The topological polar surface area (TPSA) is 75.8 Å². The van der Waals surface area contributed by atoms with Crippen molar-refractivity contribution in [2.24, 2.45) is 0 Å². The number of anilines is 2. The lowest BCUT2D eigenvalue weighted by molar-refractivity contribution is -0.126. The van der Waals surface area contributed by atoms with Gasteiger partial charge in [-0.05, 0) is 30.7 Å². The Labute approximate surface area is 135 Å². The number of carbonyl (C=O) groups is 1. The van der Waals surface area contributed by atoms with Crippen LogP contribution >= 0.6 is 0 Å². The number of ether oxygens (including phenoxy) is 1. The number of fused-ring (bicyclic) bond motifs is 1. The van der Waals surface area contributed by atoms with Crippen LogP contribution in [0.1, 0.15) is 11.1 Å². The number of benzene rings is 2. The molecule has 3 rings (SSSR count). The van der Waals surface area contributed by atoms with Crippen molar-refractivity contribution in [3.05, 3.63) is 53.6 Å². The maximum Gasteiger partial charge on any atom is 0.268 e. The van der Waals surface area contributed by atoms with Gasteiger partial charge >= 0.3 is 0 Å². The van der Waals surface area contributed by atoms with Crippen molar-refractivity contribution in [2.75, 3.05) is 23.8 Å². The summed E-state index contributed by atoms with van der Waals surface area (Å²) in [5.41, 5.74) is 9.18. The van der Waals surface area contributed by atoms with Crippen molar-refractivity contribution in [2.45, 2.75) is 19.4 Å². The molecule has 0 bridgehead atoms. The van der Waals surface area contributed by atoms with E-state index in [9.17, 15) is 9.90 Å². The van der Waals surface area contributed by atoms with Crippen LogP contribution in [0.4, 0.5) is 11.4 Å². The average molecular weight is 312 g/mol. The quantitative estimate of drug-likeness (QED) is 0.846. The first kappa shape index (κ1) is 15.4. The van der Waals surface area contributed by atoms with Crippen molar-refractivity contribution in [1.82, 2.24) is 0 Å². The van der Waals surface area contributed by atoms with Crippen molar-refractivity contribution in [3.63, 3.8) is 0 Å². The second kappa shape index (κ2) is 6.30. The third-order valence-electron chi connectivity index (χ3n) is 3.95. The highest BCUT2D eigenvalue weighted by atomic mass is 16.5. The van der Waals surface area contributed by atoms with E-state index in [1.807, 2.05) is 31.2 Å². The van der Waals surface area contributed by atoms with E-state index in [0.717, 1.165) is 5.56 Å². The molecule has 5 heteroatoms. The van der Waals surface area contributed by atoms with E-state index < -0.39 is 6.10 Å². The van der Waals surface area contributed by atoms with Gasteiger partial charge in [-0.2, -0.15) is 0 Å². The fourth-order valence-electron chi connectivity index (χ4n) is 2.74. The van der Waals surface area contributed by atoms with Crippen LogP contribution < -0.4 is 15.4 Å². The molecule has 0 spiro atoms. The van der Waals surface area contributed by atoms with E-state index in [0.29, 0.717) is 23.5 Å². The first-order valence-corrected chi connectivity index (χ1v) is 7.62. The monoisotopic (exact) mass is 312 g/mol. The smallest absolute Gasteiger partial charge is 0.268 e. The molecule has 1 aliphatic rings. The van der Waals surface area contributed by atoms with E-state index in [1.54, 1.807) is 23.1 Å². The van der Waals surface area contributed by atoms with Gasteiger partial charge in [0.05, 0.1) is 12.3 Å². The van der Waals surface area contributed by atoms with Crippen LogP contribution in [0.25, 0.3) is 0 Å².